The van der Waals surface area contributed by atoms with E-state index in [9.17, 15) is 22.8 Å². The van der Waals surface area contributed by atoms with Crippen LogP contribution in [0.25, 0.3) is 22.4 Å². The molecule has 2 unspecified atom stereocenters. The Morgan fingerprint density at radius 3 is 2.67 bits per heavy atom. The molecule has 9 nitrogen and oxygen atoms in total. The first-order valence-corrected chi connectivity index (χ1v) is 11.5. The largest absolute Gasteiger partial charge is 0.492 e. The van der Waals surface area contributed by atoms with Crippen molar-refractivity contribution in [1.82, 2.24) is 20.2 Å². The number of amides is 2. The summed E-state index contributed by atoms with van der Waals surface area (Å²) < 4.78 is 51.4. The van der Waals surface area contributed by atoms with Crippen LogP contribution in [0.2, 0.25) is 0 Å². The summed E-state index contributed by atoms with van der Waals surface area (Å²) >= 11 is 0. The van der Waals surface area contributed by atoms with Crippen molar-refractivity contribution in [2.75, 3.05) is 19.7 Å². The number of rotatable bonds is 6. The maximum atomic E-state index is 13.3. The maximum absolute atomic E-state index is 13.3. The molecule has 3 heterocycles. The number of likely N-dealkylation sites (tertiary alicyclic amines) is 1. The van der Waals surface area contributed by atoms with Crippen LogP contribution in [0.4, 0.5) is 13.2 Å². The Morgan fingerprint density at radius 2 is 2.03 bits per heavy atom. The van der Waals surface area contributed by atoms with Crippen LogP contribution in [0, 0.1) is 0 Å². The SMILES string of the molecule is CCOc1ccc(-c2nc(C(=O)N3CCC(NC(C)=O)C3)c(C(C)N)o2)c2ccc(C(F)(F)F)nc12. The maximum Gasteiger partial charge on any atom is 0.433 e. The molecule has 4 rings (SSSR count). The van der Waals surface area contributed by atoms with Gasteiger partial charge in [0.2, 0.25) is 11.8 Å². The molecule has 2 amide bonds. The van der Waals surface area contributed by atoms with Crippen LogP contribution in [0.15, 0.2) is 28.7 Å². The van der Waals surface area contributed by atoms with Crippen molar-refractivity contribution in [2.45, 2.75) is 45.5 Å². The van der Waals surface area contributed by atoms with Crippen molar-refractivity contribution < 1.29 is 31.9 Å². The number of alkyl halides is 3. The van der Waals surface area contributed by atoms with Gasteiger partial charge in [-0.05, 0) is 44.5 Å². The van der Waals surface area contributed by atoms with Gasteiger partial charge in [-0.3, -0.25) is 9.59 Å². The number of hydrogen-bond donors (Lipinski definition) is 2. The summed E-state index contributed by atoms with van der Waals surface area (Å²) in [7, 11) is 0. The minimum absolute atomic E-state index is 0.00436. The number of nitrogens with two attached hydrogens (primary N) is 1. The van der Waals surface area contributed by atoms with E-state index in [0.29, 0.717) is 30.5 Å². The highest BCUT2D eigenvalue weighted by molar-refractivity contribution is 5.98. The van der Waals surface area contributed by atoms with Gasteiger partial charge in [0.1, 0.15) is 17.0 Å². The summed E-state index contributed by atoms with van der Waals surface area (Å²) in [5.41, 5.74) is 5.36. The van der Waals surface area contributed by atoms with Crippen LogP contribution < -0.4 is 15.8 Å². The molecule has 0 saturated carbocycles. The second kappa shape index (κ2) is 9.76. The van der Waals surface area contributed by atoms with Crippen LogP contribution in [0.1, 0.15) is 55.2 Å². The summed E-state index contributed by atoms with van der Waals surface area (Å²) in [5, 5.41) is 3.11. The zero-order chi connectivity index (χ0) is 26.2. The van der Waals surface area contributed by atoms with Gasteiger partial charge in [-0.15, -0.1) is 0 Å². The van der Waals surface area contributed by atoms with Crippen molar-refractivity contribution >= 4 is 22.7 Å². The van der Waals surface area contributed by atoms with Gasteiger partial charge in [0.05, 0.1) is 12.6 Å². The number of nitrogens with one attached hydrogen (secondary N) is 1. The van der Waals surface area contributed by atoms with Gasteiger partial charge in [-0.2, -0.15) is 13.2 Å². The highest BCUT2D eigenvalue weighted by Gasteiger charge is 2.34. The normalized spacial score (nSPS) is 16.9. The lowest BCUT2D eigenvalue weighted by Gasteiger charge is -2.16. The zero-order valence-corrected chi connectivity index (χ0v) is 20.0. The van der Waals surface area contributed by atoms with Crippen molar-refractivity contribution in [2.24, 2.45) is 5.73 Å². The Morgan fingerprint density at radius 1 is 1.28 bits per heavy atom. The van der Waals surface area contributed by atoms with E-state index in [1.807, 2.05) is 0 Å². The second-order valence-corrected chi connectivity index (χ2v) is 8.59. The summed E-state index contributed by atoms with van der Waals surface area (Å²) in [5.74, 6) is -0.228. The number of carbonyl (C=O) groups excluding carboxylic acids is 2. The number of hydrogen-bond acceptors (Lipinski definition) is 7. The van der Waals surface area contributed by atoms with Gasteiger partial charge in [-0.1, -0.05) is 0 Å². The summed E-state index contributed by atoms with van der Waals surface area (Å²) in [6.07, 6.45) is -4.04. The van der Waals surface area contributed by atoms with Crippen molar-refractivity contribution in [1.29, 1.82) is 0 Å². The molecule has 192 valence electrons. The quantitative estimate of drug-likeness (QED) is 0.524. The number of carbonyl (C=O) groups is 2. The first-order chi connectivity index (χ1) is 17.0. The Kier molecular flexibility index (Phi) is 6.90. The van der Waals surface area contributed by atoms with E-state index in [-0.39, 0.29) is 47.2 Å². The van der Waals surface area contributed by atoms with E-state index in [1.54, 1.807) is 24.8 Å². The van der Waals surface area contributed by atoms with Gasteiger partial charge in [0.25, 0.3) is 5.91 Å². The highest BCUT2D eigenvalue weighted by atomic mass is 19.4. The summed E-state index contributed by atoms with van der Waals surface area (Å²) in [4.78, 5) is 34.4. The number of fused-ring (bicyclic) bond motifs is 1. The molecule has 0 spiro atoms. The molecular formula is C24H26F3N5O4. The average molecular weight is 505 g/mol. The zero-order valence-electron chi connectivity index (χ0n) is 20.0. The Hall–Kier alpha value is -3.67. The van der Waals surface area contributed by atoms with Gasteiger partial charge in [0.15, 0.2) is 11.5 Å². The predicted molar refractivity (Wildman–Crippen MR) is 124 cm³/mol. The number of ether oxygens (including phenoxy) is 1. The van der Waals surface area contributed by atoms with E-state index in [1.165, 1.54) is 19.1 Å². The lowest BCUT2D eigenvalue weighted by atomic mass is 10.1. The molecule has 0 aliphatic carbocycles. The van der Waals surface area contributed by atoms with E-state index in [0.717, 1.165) is 6.07 Å². The number of aromatic nitrogens is 2. The molecule has 12 heteroatoms. The highest BCUT2D eigenvalue weighted by Crippen LogP contribution is 2.37. The Balaban J connectivity index is 1.77. The standard InChI is InChI=1S/C24H26F3N5O4/c1-4-35-17-7-5-16(15-6-8-18(24(25,26)27)30-19(15)17)22-31-20(21(36-22)12(2)28)23(34)32-10-9-14(11-32)29-13(3)33/h5-8,12,14H,4,9-11,28H2,1-3H3,(H,29,33). The average Bonchev–Trinajstić information content (AvgIpc) is 3.45. The van der Waals surface area contributed by atoms with Crippen LogP contribution in [0.5, 0.6) is 5.75 Å². The van der Waals surface area contributed by atoms with Crippen molar-refractivity contribution in [3.8, 4) is 17.2 Å². The molecule has 2 aromatic heterocycles. The van der Waals surface area contributed by atoms with E-state index in [2.05, 4.69) is 15.3 Å². The fourth-order valence-electron chi connectivity index (χ4n) is 4.22. The molecule has 1 fully saturated rings. The first-order valence-electron chi connectivity index (χ1n) is 11.5. The Labute approximate surface area is 204 Å². The van der Waals surface area contributed by atoms with Crippen LogP contribution in [-0.4, -0.2) is 52.4 Å². The molecule has 2 atom stereocenters. The Bertz CT molecular complexity index is 1300. The van der Waals surface area contributed by atoms with Crippen molar-refractivity contribution in [3.05, 3.63) is 41.4 Å². The molecule has 0 radical (unpaired) electrons. The van der Waals surface area contributed by atoms with E-state index >= 15 is 0 Å². The third-order valence-corrected chi connectivity index (χ3v) is 5.79. The topological polar surface area (TPSA) is 124 Å². The number of nitrogens with zero attached hydrogens (tertiary/aromatic N) is 3. The second-order valence-electron chi connectivity index (χ2n) is 8.59. The molecule has 36 heavy (non-hydrogen) atoms. The molecule has 3 aromatic rings. The molecule has 3 N–H and O–H groups in total. The van der Waals surface area contributed by atoms with E-state index < -0.39 is 23.8 Å². The lowest BCUT2D eigenvalue weighted by Crippen LogP contribution is -2.37. The smallest absolute Gasteiger partial charge is 0.433 e. The predicted octanol–water partition coefficient (Wildman–Crippen LogP) is 3.68. The summed E-state index contributed by atoms with van der Waals surface area (Å²) in [6, 6.07) is 4.39. The lowest BCUT2D eigenvalue weighted by molar-refractivity contribution is -0.141. The van der Waals surface area contributed by atoms with Crippen LogP contribution in [0.3, 0.4) is 0 Å². The molecule has 1 aliphatic heterocycles. The van der Waals surface area contributed by atoms with Crippen LogP contribution in [-0.2, 0) is 11.0 Å². The number of halogens is 3. The summed E-state index contributed by atoms with van der Waals surface area (Å²) in [6.45, 7) is 5.72. The van der Waals surface area contributed by atoms with Gasteiger partial charge in [0, 0.05) is 37.0 Å². The molecule has 1 aliphatic rings. The van der Waals surface area contributed by atoms with Gasteiger partial charge < -0.3 is 25.1 Å². The molecular weight excluding hydrogens is 479 g/mol. The fraction of sp³-hybridized carbons (Fsp3) is 0.417. The monoisotopic (exact) mass is 505 g/mol. The third-order valence-electron chi connectivity index (χ3n) is 5.79. The minimum Gasteiger partial charge on any atom is -0.492 e. The first kappa shape index (κ1) is 25.4. The molecule has 1 saturated heterocycles. The van der Waals surface area contributed by atoms with Gasteiger partial charge in [-0.25, -0.2) is 9.97 Å². The fourth-order valence-corrected chi connectivity index (χ4v) is 4.22. The molecule has 0 bridgehead atoms. The third kappa shape index (κ3) is 4.99. The number of oxazole rings is 1. The van der Waals surface area contributed by atoms with Crippen LogP contribution >= 0.6 is 0 Å². The van der Waals surface area contributed by atoms with Crippen molar-refractivity contribution in [3.63, 3.8) is 0 Å². The molecule has 1 aromatic carbocycles. The minimum atomic E-state index is -4.64. The number of pyridine rings is 1. The number of benzene rings is 1. The van der Waals surface area contributed by atoms with Gasteiger partial charge >= 0.3 is 6.18 Å². The van der Waals surface area contributed by atoms with E-state index in [4.69, 9.17) is 14.9 Å².